The van der Waals surface area contributed by atoms with Gasteiger partial charge in [0.05, 0.1) is 6.04 Å². The molecule has 0 aliphatic carbocycles. The van der Waals surface area contributed by atoms with E-state index in [1.165, 1.54) is 17.0 Å². The Morgan fingerprint density at radius 3 is 2.76 bits per heavy atom. The van der Waals surface area contributed by atoms with Crippen molar-refractivity contribution in [2.75, 3.05) is 24.5 Å². The van der Waals surface area contributed by atoms with E-state index in [4.69, 9.17) is 0 Å². The number of rotatable bonds is 2. The van der Waals surface area contributed by atoms with Crippen molar-refractivity contribution in [3.8, 4) is 0 Å². The topological polar surface area (TPSA) is 52.7 Å². The van der Waals surface area contributed by atoms with Crippen molar-refractivity contribution in [1.29, 1.82) is 0 Å². The molecule has 3 amide bonds. The summed E-state index contributed by atoms with van der Waals surface area (Å²) in [5, 5.41) is 2.90. The number of carbonyl (C=O) groups excluding carboxylic acids is 2. The maximum absolute atomic E-state index is 13.2. The molecule has 0 aromatic heterocycles. The number of amides is 3. The molecule has 2 aliphatic heterocycles. The molecule has 2 heterocycles. The van der Waals surface area contributed by atoms with Gasteiger partial charge in [0, 0.05) is 31.7 Å². The fourth-order valence-corrected chi connectivity index (χ4v) is 2.88. The van der Waals surface area contributed by atoms with Crippen LogP contribution in [0.4, 0.5) is 14.9 Å². The molecule has 1 aromatic rings. The Kier molecular flexibility index (Phi) is 3.77. The summed E-state index contributed by atoms with van der Waals surface area (Å²) < 4.78 is 13.2. The third-order valence-electron chi connectivity index (χ3n) is 3.97. The van der Waals surface area contributed by atoms with Gasteiger partial charge in [-0.3, -0.25) is 4.79 Å². The van der Waals surface area contributed by atoms with Crippen LogP contribution in [0.5, 0.6) is 0 Å². The Bertz CT molecular complexity index is 558. The number of carbonyl (C=O) groups is 2. The second-order valence-corrected chi connectivity index (χ2v) is 5.53. The molecule has 0 unspecified atom stereocenters. The number of anilines is 1. The minimum atomic E-state index is -0.371. The van der Waals surface area contributed by atoms with E-state index in [0.29, 0.717) is 12.2 Å². The van der Waals surface area contributed by atoms with Crippen molar-refractivity contribution in [3.63, 3.8) is 0 Å². The smallest absolute Gasteiger partial charge is 0.317 e. The average molecular weight is 291 g/mol. The summed E-state index contributed by atoms with van der Waals surface area (Å²) in [4.78, 5) is 27.4. The molecular formula is C15H18FN3O2. The van der Waals surface area contributed by atoms with Gasteiger partial charge < -0.3 is 15.1 Å². The number of hydrogen-bond acceptors (Lipinski definition) is 2. The number of hydrogen-bond donors (Lipinski definition) is 1. The van der Waals surface area contributed by atoms with Crippen LogP contribution in [0.1, 0.15) is 19.3 Å². The molecule has 112 valence electrons. The Labute approximate surface area is 122 Å². The molecule has 0 radical (unpaired) electrons. The summed E-state index contributed by atoms with van der Waals surface area (Å²) >= 11 is 0. The van der Waals surface area contributed by atoms with E-state index >= 15 is 0 Å². The Morgan fingerprint density at radius 1 is 1.29 bits per heavy atom. The van der Waals surface area contributed by atoms with Crippen LogP contribution in [0.3, 0.4) is 0 Å². The van der Waals surface area contributed by atoms with Crippen molar-refractivity contribution in [2.45, 2.75) is 25.3 Å². The lowest BCUT2D eigenvalue weighted by Crippen LogP contribution is -2.44. The first-order valence-corrected chi connectivity index (χ1v) is 7.25. The van der Waals surface area contributed by atoms with Crippen LogP contribution in [-0.4, -0.2) is 42.5 Å². The molecule has 1 N–H and O–H groups in total. The number of nitrogens with one attached hydrogen (secondary N) is 1. The lowest BCUT2D eigenvalue weighted by atomic mass is 10.2. The fourth-order valence-electron chi connectivity index (χ4n) is 2.88. The molecular weight excluding hydrogens is 273 g/mol. The summed E-state index contributed by atoms with van der Waals surface area (Å²) in [5.74, 6) is -0.461. The largest absolute Gasteiger partial charge is 0.333 e. The van der Waals surface area contributed by atoms with Gasteiger partial charge in [0.1, 0.15) is 5.82 Å². The number of likely N-dealkylation sites (tertiary alicyclic amines) is 1. The van der Waals surface area contributed by atoms with Crippen molar-refractivity contribution < 1.29 is 14.0 Å². The average Bonchev–Trinajstić information content (AvgIpc) is 3.08. The Hall–Kier alpha value is -2.11. The van der Waals surface area contributed by atoms with Crippen LogP contribution in [0.2, 0.25) is 0 Å². The molecule has 2 saturated heterocycles. The van der Waals surface area contributed by atoms with Crippen LogP contribution < -0.4 is 10.2 Å². The zero-order valence-corrected chi connectivity index (χ0v) is 11.7. The molecule has 21 heavy (non-hydrogen) atoms. The first-order chi connectivity index (χ1) is 10.1. The third kappa shape index (κ3) is 2.99. The highest BCUT2D eigenvalue weighted by Gasteiger charge is 2.32. The lowest BCUT2D eigenvalue weighted by molar-refractivity contribution is -0.117. The normalized spacial score (nSPS) is 22.0. The van der Waals surface area contributed by atoms with Gasteiger partial charge in [0.2, 0.25) is 5.91 Å². The van der Waals surface area contributed by atoms with Crippen LogP contribution in [0, 0.1) is 5.82 Å². The molecule has 5 nitrogen and oxygen atoms in total. The minimum Gasteiger partial charge on any atom is -0.333 e. The van der Waals surface area contributed by atoms with E-state index in [1.807, 2.05) is 0 Å². The maximum atomic E-state index is 13.2. The van der Waals surface area contributed by atoms with Crippen LogP contribution in [-0.2, 0) is 4.79 Å². The molecule has 2 aliphatic rings. The molecule has 0 bridgehead atoms. The summed E-state index contributed by atoms with van der Waals surface area (Å²) in [5.41, 5.74) is 0.540. The van der Waals surface area contributed by atoms with Gasteiger partial charge in [-0.15, -0.1) is 0 Å². The number of benzene rings is 1. The molecule has 1 aromatic carbocycles. The predicted octanol–water partition coefficient (Wildman–Crippen LogP) is 1.74. The number of urea groups is 1. The van der Waals surface area contributed by atoms with Crippen LogP contribution >= 0.6 is 0 Å². The summed E-state index contributed by atoms with van der Waals surface area (Å²) in [6.45, 7) is 1.95. The van der Waals surface area contributed by atoms with Crippen molar-refractivity contribution in [1.82, 2.24) is 10.2 Å². The first-order valence-electron chi connectivity index (χ1n) is 7.25. The molecule has 3 rings (SSSR count). The standard InChI is InChI=1S/C15H18FN3O2/c16-11-4-3-5-13(8-11)19-10-12(9-14(19)20)17-15(21)18-6-1-2-7-18/h3-5,8,12H,1-2,6-7,9-10H2,(H,17,21)/t12-/m0/s1. The van der Waals surface area contributed by atoms with Crippen molar-refractivity contribution in [3.05, 3.63) is 30.1 Å². The Balaban J connectivity index is 1.63. The van der Waals surface area contributed by atoms with Gasteiger partial charge in [-0.25, -0.2) is 9.18 Å². The molecule has 0 spiro atoms. The fraction of sp³-hybridized carbons (Fsp3) is 0.467. The number of nitrogens with zero attached hydrogens (tertiary/aromatic N) is 2. The summed E-state index contributed by atoms with van der Waals surface area (Å²) in [6, 6.07) is 5.64. The molecule has 6 heteroatoms. The predicted molar refractivity (Wildman–Crippen MR) is 76.5 cm³/mol. The van der Waals surface area contributed by atoms with Gasteiger partial charge in [-0.1, -0.05) is 6.07 Å². The van der Waals surface area contributed by atoms with Crippen molar-refractivity contribution >= 4 is 17.6 Å². The zero-order chi connectivity index (χ0) is 14.8. The maximum Gasteiger partial charge on any atom is 0.317 e. The van der Waals surface area contributed by atoms with Crippen molar-refractivity contribution in [2.24, 2.45) is 0 Å². The van der Waals surface area contributed by atoms with E-state index < -0.39 is 0 Å². The van der Waals surface area contributed by atoms with Gasteiger partial charge in [0.25, 0.3) is 0 Å². The van der Waals surface area contributed by atoms with E-state index in [-0.39, 0.29) is 30.2 Å². The first kappa shape index (κ1) is 13.9. The van der Waals surface area contributed by atoms with E-state index in [0.717, 1.165) is 25.9 Å². The second kappa shape index (κ2) is 5.71. The van der Waals surface area contributed by atoms with E-state index in [2.05, 4.69) is 5.32 Å². The quantitative estimate of drug-likeness (QED) is 0.902. The molecule has 2 fully saturated rings. The molecule has 1 atom stereocenters. The van der Waals surface area contributed by atoms with Crippen LogP contribution in [0.25, 0.3) is 0 Å². The van der Waals surface area contributed by atoms with Gasteiger partial charge in [-0.2, -0.15) is 0 Å². The zero-order valence-electron chi connectivity index (χ0n) is 11.7. The highest BCUT2D eigenvalue weighted by molar-refractivity contribution is 5.96. The highest BCUT2D eigenvalue weighted by Crippen LogP contribution is 2.22. The SMILES string of the molecule is O=C(N[C@H]1CC(=O)N(c2cccc(F)c2)C1)N1CCCC1. The summed E-state index contributed by atoms with van der Waals surface area (Å²) in [7, 11) is 0. The Morgan fingerprint density at radius 2 is 2.05 bits per heavy atom. The van der Waals surface area contributed by atoms with Crippen LogP contribution in [0.15, 0.2) is 24.3 Å². The monoisotopic (exact) mass is 291 g/mol. The third-order valence-corrected chi connectivity index (χ3v) is 3.97. The van der Waals surface area contributed by atoms with E-state index in [1.54, 1.807) is 17.0 Å². The lowest BCUT2D eigenvalue weighted by Gasteiger charge is -2.20. The van der Waals surface area contributed by atoms with E-state index in [9.17, 15) is 14.0 Å². The van der Waals surface area contributed by atoms with Gasteiger partial charge >= 0.3 is 6.03 Å². The second-order valence-electron chi connectivity index (χ2n) is 5.53. The number of halogens is 1. The minimum absolute atomic E-state index is 0.0904. The molecule has 0 saturated carbocycles. The highest BCUT2D eigenvalue weighted by atomic mass is 19.1. The van der Waals surface area contributed by atoms with Gasteiger partial charge in [-0.05, 0) is 31.0 Å². The summed E-state index contributed by atoms with van der Waals surface area (Å²) in [6.07, 6.45) is 2.33. The van der Waals surface area contributed by atoms with Gasteiger partial charge in [0.15, 0.2) is 0 Å².